The minimum atomic E-state index is -0.894. The van der Waals surface area contributed by atoms with Crippen LogP contribution in [0.4, 0.5) is 9.59 Å². The van der Waals surface area contributed by atoms with Crippen LogP contribution in [-0.2, 0) is 4.74 Å². The molecule has 21 heavy (non-hydrogen) atoms. The normalized spacial score (nSPS) is 14.4. The average molecular weight is 290 g/mol. The van der Waals surface area contributed by atoms with Gasteiger partial charge in [-0.3, -0.25) is 4.79 Å². The highest BCUT2D eigenvalue weighted by molar-refractivity contribution is 5.99. The molecule has 0 bridgehead atoms. The summed E-state index contributed by atoms with van der Waals surface area (Å²) in [5.41, 5.74) is 0.500. The van der Waals surface area contributed by atoms with Crippen LogP contribution in [0.5, 0.6) is 0 Å². The van der Waals surface area contributed by atoms with Crippen LogP contribution in [-0.4, -0.2) is 42.5 Å². The Morgan fingerprint density at radius 1 is 1.05 bits per heavy atom. The van der Waals surface area contributed by atoms with Crippen LogP contribution >= 0.6 is 0 Å². The quantitative estimate of drug-likeness (QED) is 0.684. The van der Waals surface area contributed by atoms with Gasteiger partial charge in [0.2, 0.25) is 0 Å². The number of nitrogens with zero attached hydrogens (tertiary/aromatic N) is 1. The third-order valence-corrected chi connectivity index (χ3v) is 3.28. The zero-order valence-electron chi connectivity index (χ0n) is 11.7. The zero-order chi connectivity index (χ0) is 15.1. The van der Waals surface area contributed by atoms with Crippen molar-refractivity contribution < 1.29 is 19.1 Å². The van der Waals surface area contributed by atoms with Gasteiger partial charge in [0.25, 0.3) is 0 Å². The molecule has 2 amide bonds. The second kappa shape index (κ2) is 7.42. The van der Waals surface area contributed by atoms with E-state index in [1.807, 2.05) is 0 Å². The number of ketones is 1. The molecule has 1 aliphatic rings. The number of Topliss-reactive ketones (excluding diaryl/α,β-unsaturated/α-hetero) is 1. The summed E-state index contributed by atoms with van der Waals surface area (Å²) < 4.78 is 4.66. The van der Waals surface area contributed by atoms with E-state index in [0.717, 1.165) is 19.3 Å². The lowest BCUT2D eigenvalue weighted by molar-refractivity contribution is 0.0960. The largest absolute Gasteiger partial charge is 0.418 e. The molecule has 0 radical (unpaired) electrons. The van der Waals surface area contributed by atoms with E-state index in [2.05, 4.69) is 10.1 Å². The molecule has 112 valence electrons. The zero-order valence-corrected chi connectivity index (χ0v) is 11.7. The number of amides is 2. The first-order chi connectivity index (χ1) is 10.2. The molecule has 6 nitrogen and oxygen atoms in total. The summed E-state index contributed by atoms with van der Waals surface area (Å²) >= 11 is 0. The van der Waals surface area contributed by atoms with Crippen LogP contribution in [0, 0.1) is 0 Å². The Hall–Kier alpha value is -2.37. The molecule has 0 saturated carbocycles. The van der Waals surface area contributed by atoms with Crippen molar-refractivity contribution in [1.29, 1.82) is 0 Å². The number of hydrogen-bond donors (Lipinski definition) is 1. The number of nitrogens with one attached hydrogen (secondary N) is 1. The first kappa shape index (κ1) is 15.0. The minimum Gasteiger partial charge on any atom is -0.359 e. The third-order valence-electron chi connectivity index (χ3n) is 3.28. The predicted molar refractivity (Wildman–Crippen MR) is 76.1 cm³/mol. The Balaban J connectivity index is 1.74. The maximum Gasteiger partial charge on any atom is 0.418 e. The molecule has 0 spiro atoms. The van der Waals surface area contributed by atoms with Crippen molar-refractivity contribution in [3.8, 4) is 0 Å². The highest BCUT2D eigenvalue weighted by atomic mass is 16.6. The minimum absolute atomic E-state index is 0.198. The number of carbonyl (C=O) groups is 3. The number of piperidine rings is 1. The summed E-state index contributed by atoms with van der Waals surface area (Å²) in [6.45, 7) is 1.01. The van der Waals surface area contributed by atoms with Crippen LogP contribution < -0.4 is 5.32 Å². The maximum absolute atomic E-state index is 11.8. The lowest BCUT2D eigenvalue weighted by Gasteiger charge is -2.25. The molecule has 6 heteroatoms. The highest BCUT2D eigenvalue weighted by Gasteiger charge is 2.20. The first-order valence-corrected chi connectivity index (χ1v) is 6.99. The van der Waals surface area contributed by atoms with Crippen LogP contribution in [0.15, 0.2) is 30.3 Å². The van der Waals surface area contributed by atoms with Gasteiger partial charge in [-0.05, 0) is 19.3 Å². The van der Waals surface area contributed by atoms with Gasteiger partial charge in [0.05, 0.1) is 6.54 Å². The topological polar surface area (TPSA) is 75.7 Å². The summed E-state index contributed by atoms with van der Waals surface area (Å²) in [7, 11) is 0. The van der Waals surface area contributed by atoms with Gasteiger partial charge in [0, 0.05) is 18.7 Å². The predicted octanol–water partition coefficient (Wildman–Crippen LogP) is 2.20. The van der Waals surface area contributed by atoms with E-state index in [-0.39, 0.29) is 12.3 Å². The van der Waals surface area contributed by atoms with Gasteiger partial charge < -0.3 is 15.0 Å². The second-order valence-electron chi connectivity index (χ2n) is 4.85. The number of alkyl carbamates (subject to hydrolysis) is 1. The number of hydrogen-bond acceptors (Lipinski definition) is 4. The molecule has 0 unspecified atom stereocenters. The third kappa shape index (κ3) is 4.59. The molecular formula is C15H18N2O4. The van der Waals surface area contributed by atoms with Crippen LogP contribution in [0.25, 0.3) is 0 Å². The Bertz CT molecular complexity index is 510. The van der Waals surface area contributed by atoms with E-state index in [4.69, 9.17) is 0 Å². The monoisotopic (exact) mass is 290 g/mol. The lowest BCUT2D eigenvalue weighted by Crippen LogP contribution is -2.40. The molecule has 1 aromatic carbocycles. The van der Waals surface area contributed by atoms with Gasteiger partial charge in [-0.15, -0.1) is 0 Å². The van der Waals surface area contributed by atoms with Crippen LogP contribution in [0.3, 0.4) is 0 Å². The van der Waals surface area contributed by atoms with Crippen molar-refractivity contribution in [1.82, 2.24) is 10.2 Å². The summed E-state index contributed by atoms with van der Waals surface area (Å²) in [6.07, 6.45) is 1.38. The molecule has 2 rings (SSSR count). The maximum atomic E-state index is 11.8. The van der Waals surface area contributed by atoms with E-state index < -0.39 is 12.2 Å². The lowest BCUT2D eigenvalue weighted by atomic mass is 10.1. The molecular weight excluding hydrogens is 272 g/mol. The van der Waals surface area contributed by atoms with Gasteiger partial charge in [-0.25, -0.2) is 9.59 Å². The molecule has 0 aliphatic carbocycles. The number of benzene rings is 1. The van der Waals surface area contributed by atoms with Gasteiger partial charge in [-0.1, -0.05) is 30.3 Å². The van der Waals surface area contributed by atoms with Crippen molar-refractivity contribution in [2.75, 3.05) is 19.6 Å². The molecule has 0 atom stereocenters. The second-order valence-corrected chi connectivity index (χ2v) is 4.85. The Kier molecular flexibility index (Phi) is 5.31. The molecule has 1 fully saturated rings. The van der Waals surface area contributed by atoms with Crippen molar-refractivity contribution in [3.63, 3.8) is 0 Å². The summed E-state index contributed by atoms with van der Waals surface area (Å²) in [4.78, 5) is 36.5. The van der Waals surface area contributed by atoms with Gasteiger partial charge in [0.1, 0.15) is 0 Å². The molecule has 1 aromatic rings. The fraction of sp³-hybridized carbons (Fsp3) is 0.400. The number of rotatable bonds is 3. The smallest absolute Gasteiger partial charge is 0.359 e. The molecule has 1 saturated heterocycles. The van der Waals surface area contributed by atoms with Gasteiger partial charge in [0.15, 0.2) is 5.78 Å². The van der Waals surface area contributed by atoms with E-state index in [1.54, 1.807) is 30.3 Å². The molecule has 1 aliphatic heterocycles. The Morgan fingerprint density at radius 3 is 2.38 bits per heavy atom. The highest BCUT2D eigenvalue weighted by Crippen LogP contribution is 2.09. The van der Waals surface area contributed by atoms with E-state index in [9.17, 15) is 14.4 Å². The first-order valence-electron chi connectivity index (χ1n) is 6.99. The van der Waals surface area contributed by atoms with Crippen molar-refractivity contribution >= 4 is 18.0 Å². The van der Waals surface area contributed by atoms with E-state index in [1.165, 1.54) is 4.90 Å². The van der Waals surface area contributed by atoms with Crippen molar-refractivity contribution in [2.24, 2.45) is 0 Å². The van der Waals surface area contributed by atoms with E-state index >= 15 is 0 Å². The molecule has 1 N–H and O–H groups in total. The van der Waals surface area contributed by atoms with Crippen molar-refractivity contribution in [2.45, 2.75) is 19.3 Å². The van der Waals surface area contributed by atoms with Gasteiger partial charge in [-0.2, -0.15) is 0 Å². The average Bonchev–Trinajstić information content (AvgIpc) is 2.54. The fourth-order valence-corrected chi connectivity index (χ4v) is 2.13. The summed E-state index contributed by atoms with van der Waals surface area (Å²) in [5.74, 6) is -0.238. The number of likely N-dealkylation sites (tertiary alicyclic amines) is 1. The van der Waals surface area contributed by atoms with Crippen molar-refractivity contribution in [3.05, 3.63) is 35.9 Å². The fourth-order valence-electron chi connectivity index (χ4n) is 2.13. The standard InChI is InChI=1S/C15H18N2O4/c18-13(12-7-3-1-4-8-12)11-16-14(19)21-15(20)17-9-5-2-6-10-17/h1,3-4,7-8H,2,5-6,9-11H2,(H,16,19). The SMILES string of the molecule is O=C(NCC(=O)c1ccccc1)OC(=O)N1CCCCC1. The molecule has 0 aromatic heterocycles. The molecule has 1 heterocycles. The van der Waals surface area contributed by atoms with Crippen LogP contribution in [0.1, 0.15) is 29.6 Å². The van der Waals surface area contributed by atoms with Gasteiger partial charge >= 0.3 is 12.2 Å². The number of carbonyl (C=O) groups excluding carboxylic acids is 3. The van der Waals surface area contributed by atoms with Crippen LogP contribution in [0.2, 0.25) is 0 Å². The van der Waals surface area contributed by atoms with E-state index in [0.29, 0.717) is 18.7 Å². The Labute approximate surface area is 123 Å². The Morgan fingerprint density at radius 2 is 1.71 bits per heavy atom. The number of ether oxygens (including phenoxy) is 1. The summed E-state index contributed by atoms with van der Waals surface area (Å²) in [6, 6.07) is 8.61. The summed E-state index contributed by atoms with van der Waals surface area (Å²) in [5, 5.41) is 2.29.